The average Bonchev–Trinajstić information content (AvgIpc) is 2.87. The average molecular weight is 415 g/mol. The van der Waals surface area contributed by atoms with Gasteiger partial charge >= 0.3 is 0 Å². The van der Waals surface area contributed by atoms with E-state index in [-0.39, 0.29) is 53.2 Å². The first-order valence-electron chi connectivity index (χ1n) is 11.7. The molecule has 5 nitrogen and oxygen atoms in total. The molecule has 4 fully saturated rings. The van der Waals surface area contributed by atoms with Gasteiger partial charge in [-0.05, 0) is 61.5 Å². The Labute approximate surface area is 178 Å². The molecule has 0 bridgehead atoms. The second kappa shape index (κ2) is 7.11. The zero-order valence-corrected chi connectivity index (χ0v) is 18.3. The Kier molecular flexibility index (Phi) is 4.88. The Morgan fingerprint density at radius 1 is 1.27 bits per heavy atom. The Hall–Kier alpha value is -1.30. The van der Waals surface area contributed by atoms with Crippen LogP contribution in [0.4, 0.5) is 0 Å². The lowest BCUT2D eigenvalue weighted by molar-refractivity contribution is -0.161. The van der Waals surface area contributed by atoms with Crippen LogP contribution in [0.1, 0.15) is 59.3 Å². The van der Waals surface area contributed by atoms with Crippen molar-refractivity contribution in [3.05, 3.63) is 23.8 Å². The fourth-order valence-corrected chi connectivity index (χ4v) is 7.91. The SMILES string of the molecule is CCC[C@H]1OCC(=O)[C@H]2C(C[C@H]3[C@@H]4CCC5=CC(=O)C=C[C@]5(C)[C@H]4[C@@H](O)C[C@]23C)O1. The van der Waals surface area contributed by atoms with Gasteiger partial charge in [0, 0.05) is 11.3 Å². The molecule has 1 aliphatic heterocycles. The van der Waals surface area contributed by atoms with Gasteiger partial charge in [-0.3, -0.25) is 9.59 Å². The minimum Gasteiger partial charge on any atom is -0.393 e. The van der Waals surface area contributed by atoms with E-state index >= 15 is 0 Å². The summed E-state index contributed by atoms with van der Waals surface area (Å²) in [7, 11) is 0. The predicted molar refractivity (Wildman–Crippen MR) is 111 cm³/mol. The molecule has 4 aliphatic carbocycles. The van der Waals surface area contributed by atoms with Gasteiger partial charge < -0.3 is 14.6 Å². The number of hydrogen-bond acceptors (Lipinski definition) is 5. The van der Waals surface area contributed by atoms with Crippen molar-refractivity contribution >= 4 is 11.6 Å². The first kappa shape index (κ1) is 20.6. The molecular formula is C25H34O5. The molecule has 1 N–H and O–H groups in total. The van der Waals surface area contributed by atoms with Gasteiger partial charge in [-0.1, -0.05) is 38.8 Å². The zero-order valence-electron chi connectivity index (χ0n) is 18.3. The molecular weight excluding hydrogens is 380 g/mol. The molecule has 0 aromatic heterocycles. The molecule has 5 aliphatic rings. The van der Waals surface area contributed by atoms with E-state index in [1.165, 1.54) is 0 Å². The fourth-order valence-electron chi connectivity index (χ4n) is 7.91. The largest absolute Gasteiger partial charge is 0.393 e. The summed E-state index contributed by atoms with van der Waals surface area (Å²) in [6.07, 6.45) is 9.66. The highest BCUT2D eigenvalue weighted by Gasteiger charge is 2.65. The van der Waals surface area contributed by atoms with E-state index in [1.807, 2.05) is 6.08 Å². The Morgan fingerprint density at radius 3 is 2.83 bits per heavy atom. The van der Waals surface area contributed by atoms with E-state index in [1.54, 1.807) is 12.2 Å². The number of ketones is 2. The Bertz CT molecular complexity index is 814. The van der Waals surface area contributed by atoms with Crippen LogP contribution >= 0.6 is 0 Å². The second-order valence-corrected chi connectivity index (χ2v) is 10.7. The van der Waals surface area contributed by atoms with E-state index in [9.17, 15) is 14.7 Å². The number of carbonyl (C=O) groups excluding carboxylic acids is 2. The smallest absolute Gasteiger partial charge is 0.178 e. The molecule has 164 valence electrons. The van der Waals surface area contributed by atoms with Crippen molar-refractivity contribution < 1.29 is 24.2 Å². The predicted octanol–water partition coefficient (Wildman–Crippen LogP) is 3.60. The van der Waals surface area contributed by atoms with Gasteiger partial charge in [0.25, 0.3) is 0 Å². The Morgan fingerprint density at radius 2 is 2.07 bits per heavy atom. The molecule has 9 atom stereocenters. The molecule has 5 heteroatoms. The van der Waals surface area contributed by atoms with Gasteiger partial charge in [-0.15, -0.1) is 0 Å². The number of hydrogen-bond donors (Lipinski definition) is 1. The van der Waals surface area contributed by atoms with Crippen LogP contribution in [0.2, 0.25) is 0 Å². The van der Waals surface area contributed by atoms with E-state index in [0.29, 0.717) is 18.3 Å². The summed E-state index contributed by atoms with van der Waals surface area (Å²) < 4.78 is 12.1. The monoisotopic (exact) mass is 414 g/mol. The molecule has 1 saturated heterocycles. The lowest BCUT2D eigenvalue weighted by atomic mass is 9.46. The van der Waals surface area contributed by atoms with Crippen LogP contribution in [0.3, 0.4) is 0 Å². The molecule has 0 amide bonds. The highest BCUT2D eigenvalue weighted by atomic mass is 16.7. The first-order valence-corrected chi connectivity index (χ1v) is 11.7. The molecule has 0 spiro atoms. The van der Waals surface area contributed by atoms with E-state index < -0.39 is 6.10 Å². The minimum atomic E-state index is -0.495. The van der Waals surface area contributed by atoms with E-state index in [0.717, 1.165) is 37.7 Å². The summed E-state index contributed by atoms with van der Waals surface area (Å²) in [5.74, 6) is 0.746. The third-order valence-electron chi connectivity index (χ3n) is 9.11. The minimum absolute atomic E-state index is 0.0557. The van der Waals surface area contributed by atoms with Crippen molar-refractivity contribution in [2.45, 2.75) is 77.8 Å². The summed E-state index contributed by atoms with van der Waals surface area (Å²) in [6, 6.07) is 0. The summed E-state index contributed by atoms with van der Waals surface area (Å²) in [5.41, 5.74) is 0.620. The van der Waals surface area contributed by atoms with Crippen molar-refractivity contribution in [3.63, 3.8) is 0 Å². The number of rotatable bonds is 2. The highest BCUT2D eigenvalue weighted by molar-refractivity contribution is 6.01. The summed E-state index contributed by atoms with van der Waals surface area (Å²) >= 11 is 0. The molecule has 30 heavy (non-hydrogen) atoms. The van der Waals surface area contributed by atoms with Crippen LogP contribution in [-0.2, 0) is 19.1 Å². The summed E-state index contributed by atoms with van der Waals surface area (Å²) in [4.78, 5) is 25.1. The summed E-state index contributed by atoms with van der Waals surface area (Å²) in [6.45, 7) is 6.61. The maximum Gasteiger partial charge on any atom is 0.178 e. The van der Waals surface area contributed by atoms with Crippen LogP contribution in [-0.4, -0.2) is 41.8 Å². The van der Waals surface area contributed by atoms with Crippen molar-refractivity contribution in [3.8, 4) is 0 Å². The maximum atomic E-state index is 13.2. The lowest BCUT2D eigenvalue weighted by Crippen LogP contribution is -2.56. The van der Waals surface area contributed by atoms with Crippen molar-refractivity contribution in [1.82, 2.24) is 0 Å². The molecule has 3 saturated carbocycles. The number of allylic oxidation sites excluding steroid dienone is 4. The molecule has 0 radical (unpaired) electrons. The number of carbonyl (C=O) groups is 2. The van der Waals surface area contributed by atoms with Crippen molar-refractivity contribution in [1.29, 1.82) is 0 Å². The Balaban J connectivity index is 1.50. The number of aliphatic hydroxyl groups is 1. The molecule has 0 aromatic carbocycles. The van der Waals surface area contributed by atoms with E-state index in [4.69, 9.17) is 9.47 Å². The fraction of sp³-hybridized carbons (Fsp3) is 0.760. The molecule has 1 heterocycles. The normalized spacial score (nSPS) is 50.1. The van der Waals surface area contributed by atoms with E-state index in [2.05, 4.69) is 20.8 Å². The number of Topliss-reactive ketones (excluding diaryl/α,β-unsaturated/α-hetero) is 1. The van der Waals surface area contributed by atoms with Crippen LogP contribution in [0, 0.1) is 34.5 Å². The topological polar surface area (TPSA) is 72.8 Å². The first-order chi connectivity index (χ1) is 14.3. The maximum absolute atomic E-state index is 13.2. The van der Waals surface area contributed by atoms with Gasteiger partial charge in [0.1, 0.15) is 6.61 Å². The van der Waals surface area contributed by atoms with Crippen molar-refractivity contribution in [2.75, 3.05) is 6.61 Å². The third kappa shape index (κ3) is 2.85. The molecule has 0 aromatic rings. The van der Waals surface area contributed by atoms with Gasteiger partial charge in [0.05, 0.1) is 18.1 Å². The van der Waals surface area contributed by atoms with Crippen LogP contribution in [0.5, 0.6) is 0 Å². The summed E-state index contributed by atoms with van der Waals surface area (Å²) in [5, 5.41) is 11.4. The number of fused-ring (bicyclic) bond motifs is 7. The lowest BCUT2D eigenvalue weighted by Gasteiger charge is -2.58. The standard InChI is InChI=1S/C25H34O5/c1-4-5-21-29-13-19(28)23-20(30-21)11-17-16-7-6-14-10-15(26)8-9-24(14,2)22(16)18(27)12-25(17,23)3/h8-10,16-18,20-23,27H,4-7,11-13H2,1-3H3/t16-,17-,18-,20?,21-,22+,23-,24-,25-/m0/s1. The third-order valence-corrected chi connectivity index (χ3v) is 9.11. The van der Waals surface area contributed by atoms with Gasteiger partial charge in [-0.2, -0.15) is 0 Å². The van der Waals surface area contributed by atoms with Gasteiger partial charge in [0.2, 0.25) is 0 Å². The number of aliphatic hydroxyl groups excluding tert-OH is 1. The second-order valence-electron chi connectivity index (χ2n) is 10.7. The molecule has 5 rings (SSSR count). The van der Waals surface area contributed by atoms with Gasteiger partial charge in [-0.25, -0.2) is 0 Å². The van der Waals surface area contributed by atoms with Crippen LogP contribution < -0.4 is 0 Å². The quantitative estimate of drug-likeness (QED) is 0.747. The van der Waals surface area contributed by atoms with Crippen LogP contribution in [0.15, 0.2) is 23.8 Å². The highest BCUT2D eigenvalue weighted by Crippen LogP contribution is 2.66. The van der Waals surface area contributed by atoms with Gasteiger partial charge in [0.15, 0.2) is 17.9 Å². The molecule has 1 unspecified atom stereocenters. The van der Waals surface area contributed by atoms with Crippen LogP contribution in [0.25, 0.3) is 0 Å². The number of ether oxygens (including phenoxy) is 2. The zero-order chi connectivity index (χ0) is 21.3. The van der Waals surface area contributed by atoms with Crippen molar-refractivity contribution in [2.24, 2.45) is 34.5 Å².